The normalized spacial score (nSPS) is 17.7. The maximum atomic E-state index is 12.5. The van der Waals surface area contributed by atoms with E-state index in [0.29, 0.717) is 37.9 Å². The molecule has 0 aromatic heterocycles. The van der Waals surface area contributed by atoms with Crippen molar-refractivity contribution in [3.8, 4) is 0 Å². The zero-order chi connectivity index (χ0) is 24.8. The van der Waals surface area contributed by atoms with Gasteiger partial charge in [-0.05, 0) is 30.2 Å². The molecule has 35 heavy (non-hydrogen) atoms. The van der Waals surface area contributed by atoms with E-state index < -0.39 is 5.41 Å². The second-order valence-electron chi connectivity index (χ2n) is 11.2. The fraction of sp³-hybridized carbons (Fsp3) is 0.733. The molecule has 2 fully saturated rings. The van der Waals surface area contributed by atoms with E-state index in [4.69, 9.17) is 14.2 Å². The number of carbonyl (C=O) groups is 2. The molecule has 0 bridgehead atoms. The average molecular weight is 487 g/mol. The number of ether oxygens (including phenoxy) is 3. The van der Waals surface area contributed by atoms with E-state index in [1.54, 1.807) is 0 Å². The zero-order valence-corrected chi connectivity index (χ0v) is 21.8. The molecule has 5 nitrogen and oxygen atoms in total. The van der Waals surface area contributed by atoms with Crippen molar-refractivity contribution < 1.29 is 23.8 Å². The predicted molar refractivity (Wildman–Crippen MR) is 138 cm³/mol. The minimum atomic E-state index is -0.574. The lowest BCUT2D eigenvalue weighted by Gasteiger charge is -2.29. The Labute approximate surface area is 212 Å². The Kier molecular flexibility index (Phi) is 12.1. The van der Waals surface area contributed by atoms with Crippen LogP contribution < -0.4 is 0 Å². The Bertz CT molecular complexity index is 696. The lowest BCUT2D eigenvalue weighted by atomic mass is 9.86. The minimum Gasteiger partial charge on any atom is -0.465 e. The van der Waals surface area contributed by atoms with Crippen LogP contribution in [0, 0.1) is 17.3 Å². The maximum Gasteiger partial charge on any atom is 0.305 e. The molecular formula is C30H46O5. The highest BCUT2D eigenvalue weighted by atomic mass is 16.6. The molecule has 0 heterocycles. The van der Waals surface area contributed by atoms with E-state index >= 15 is 0 Å². The van der Waals surface area contributed by atoms with Crippen LogP contribution in [0.25, 0.3) is 0 Å². The van der Waals surface area contributed by atoms with Gasteiger partial charge in [-0.25, -0.2) is 0 Å². The summed E-state index contributed by atoms with van der Waals surface area (Å²) in [5.41, 5.74) is 0.513. The van der Waals surface area contributed by atoms with Crippen LogP contribution in [0.4, 0.5) is 0 Å². The summed E-state index contributed by atoms with van der Waals surface area (Å²) < 4.78 is 17.3. The first kappa shape index (κ1) is 27.7. The van der Waals surface area contributed by atoms with E-state index in [1.165, 1.54) is 64.2 Å². The third-order valence-electron chi connectivity index (χ3n) is 7.69. The van der Waals surface area contributed by atoms with Crippen LogP contribution >= 0.6 is 0 Å². The van der Waals surface area contributed by atoms with Crippen molar-refractivity contribution in [2.24, 2.45) is 17.3 Å². The summed E-state index contributed by atoms with van der Waals surface area (Å²) in [7, 11) is 0. The molecule has 0 radical (unpaired) electrons. The third kappa shape index (κ3) is 11.2. The number of carbonyl (C=O) groups excluding carboxylic acids is 2. The molecule has 0 saturated heterocycles. The zero-order valence-electron chi connectivity index (χ0n) is 21.8. The molecule has 3 rings (SSSR count). The van der Waals surface area contributed by atoms with Crippen molar-refractivity contribution in [3.63, 3.8) is 0 Å². The first-order chi connectivity index (χ1) is 17.0. The highest BCUT2D eigenvalue weighted by molar-refractivity contribution is 5.70. The monoisotopic (exact) mass is 486 g/mol. The van der Waals surface area contributed by atoms with Gasteiger partial charge in [-0.1, -0.05) is 101 Å². The molecule has 1 aromatic carbocycles. The Morgan fingerprint density at radius 2 is 1.23 bits per heavy atom. The summed E-state index contributed by atoms with van der Waals surface area (Å²) in [6.07, 6.45) is 15.4. The molecule has 0 unspecified atom stereocenters. The van der Waals surface area contributed by atoms with E-state index in [1.807, 2.05) is 37.3 Å². The van der Waals surface area contributed by atoms with Gasteiger partial charge < -0.3 is 14.2 Å². The molecule has 0 spiro atoms. The van der Waals surface area contributed by atoms with Crippen molar-refractivity contribution in [3.05, 3.63) is 35.9 Å². The second-order valence-corrected chi connectivity index (χ2v) is 11.2. The lowest BCUT2D eigenvalue weighted by molar-refractivity contribution is -0.157. The maximum absolute atomic E-state index is 12.5. The average Bonchev–Trinajstić information content (AvgIpc) is 2.90. The Hall–Kier alpha value is -1.88. The Morgan fingerprint density at radius 1 is 0.743 bits per heavy atom. The number of rotatable bonds is 14. The van der Waals surface area contributed by atoms with Gasteiger partial charge in [0.15, 0.2) is 0 Å². The highest BCUT2D eigenvalue weighted by Gasteiger charge is 2.30. The van der Waals surface area contributed by atoms with Gasteiger partial charge in [-0.2, -0.15) is 0 Å². The van der Waals surface area contributed by atoms with Gasteiger partial charge in [0.25, 0.3) is 0 Å². The second kappa shape index (κ2) is 15.3. The number of hydrogen-bond acceptors (Lipinski definition) is 5. The summed E-state index contributed by atoms with van der Waals surface area (Å²) >= 11 is 0. The fourth-order valence-electron chi connectivity index (χ4n) is 5.36. The van der Waals surface area contributed by atoms with Gasteiger partial charge >= 0.3 is 11.9 Å². The van der Waals surface area contributed by atoms with Gasteiger partial charge in [0, 0.05) is 12.8 Å². The van der Waals surface area contributed by atoms with Gasteiger partial charge in [0.2, 0.25) is 0 Å². The quantitative estimate of drug-likeness (QED) is 0.265. The molecule has 5 heteroatoms. The summed E-state index contributed by atoms with van der Waals surface area (Å²) in [6, 6.07) is 10.00. The first-order valence-corrected chi connectivity index (χ1v) is 14.0. The van der Waals surface area contributed by atoms with Crippen molar-refractivity contribution in [1.82, 2.24) is 0 Å². The van der Waals surface area contributed by atoms with E-state index in [9.17, 15) is 9.59 Å². The van der Waals surface area contributed by atoms with Crippen LogP contribution in [0.1, 0.15) is 102 Å². The summed E-state index contributed by atoms with van der Waals surface area (Å²) in [5.74, 6) is 0.992. The molecule has 2 aliphatic rings. The van der Waals surface area contributed by atoms with Gasteiger partial charge in [-0.15, -0.1) is 0 Å². The van der Waals surface area contributed by atoms with Gasteiger partial charge in [0.05, 0.1) is 18.6 Å². The molecule has 2 aliphatic carbocycles. The van der Waals surface area contributed by atoms with Crippen LogP contribution in [0.3, 0.4) is 0 Å². The fourth-order valence-corrected chi connectivity index (χ4v) is 5.36. The van der Waals surface area contributed by atoms with E-state index in [2.05, 4.69) is 0 Å². The van der Waals surface area contributed by atoms with Crippen LogP contribution in [-0.2, 0) is 30.4 Å². The van der Waals surface area contributed by atoms with Crippen LogP contribution in [0.2, 0.25) is 0 Å². The summed E-state index contributed by atoms with van der Waals surface area (Å²) in [6.45, 7) is 3.19. The Morgan fingerprint density at radius 3 is 1.71 bits per heavy atom. The van der Waals surface area contributed by atoms with Crippen molar-refractivity contribution in [1.29, 1.82) is 0 Å². The molecule has 0 N–H and O–H groups in total. The molecule has 196 valence electrons. The molecule has 0 atom stereocenters. The molecule has 1 aromatic rings. The SMILES string of the molecule is CC(COCc1ccccc1)(COC(=O)CCC1CCCCC1)COC(=O)CCC1CCCCC1. The number of esters is 2. The van der Waals surface area contributed by atoms with Gasteiger partial charge in [-0.3, -0.25) is 9.59 Å². The van der Waals surface area contributed by atoms with Crippen LogP contribution in [0.15, 0.2) is 30.3 Å². The first-order valence-electron chi connectivity index (χ1n) is 14.0. The standard InChI is InChI=1S/C30H46O5/c1-30(22-33-21-27-15-9-4-10-16-27,23-34-28(31)19-17-25-11-5-2-6-12-25)24-35-29(32)20-18-26-13-7-3-8-14-26/h4,9-10,15-16,25-26H,2-3,5-8,11-14,17-24H2,1H3. The third-order valence-corrected chi connectivity index (χ3v) is 7.69. The van der Waals surface area contributed by atoms with Crippen molar-refractivity contribution in [2.45, 2.75) is 103 Å². The number of hydrogen-bond donors (Lipinski definition) is 0. The van der Waals surface area contributed by atoms with Crippen molar-refractivity contribution in [2.75, 3.05) is 19.8 Å². The van der Waals surface area contributed by atoms with E-state index in [0.717, 1.165) is 18.4 Å². The summed E-state index contributed by atoms with van der Waals surface area (Å²) in [5, 5.41) is 0. The largest absolute Gasteiger partial charge is 0.465 e. The van der Waals surface area contributed by atoms with E-state index in [-0.39, 0.29) is 25.2 Å². The molecular weight excluding hydrogens is 440 g/mol. The van der Waals surface area contributed by atoms with Gasteiger partial charge in [0.1, 0.15) is 13.2 Å². The number of benzene rings is 1. The predicted octanol–water partition coefficient (Wildman–Crippen LogP) is 7.02. The summed E-state index contributed by atoms with van der Waals surface area (Å²) in [4.78, 5) is 24.9. The molecule has 0 aliphatic heterocycles. The van der Waals surface area contributed by atoms with Crippen LogP contribution in [0.5, 0.6) is 0 Å². The highest BCUT2D eigenvalue weighted by Crippen LogP contribution is 2.29. The lowest BCUT2D eigenvalue weighted by Crippen LogP contribution is -2.36. The van der Waals surface area contributed by atoms with Crippen molar-refractivity contribution >= 4 is 11.9 Å². The topological polar surface area (TPSA) is 61.8 Å². The smallest absolute Gasteiger partial charge is 0.305 e. The minimum absolute atomic E-state index is 0.159. The molecule has 0 amide bonds. The molecule has 2 saturated carbocycles. The van der Waals surface area contributed by atoms with Crippen LogP contribution in [-0.4, -0.2) is 31.8 Å². The Balaban J connectivity index is 1.44.